The average Bonchev–Trinajstić information content (AvgIpc) is 2.93. The van der Waals surface area contributed by atoms with Gasteiger partial charge in [-0.25, -0.2) is 0 Å². The van der Waals surface area contributed by atoms with Crippen molar-refractivity contribution in [3.8, 4) is 0 Å². The minimum absolute atomic E-state index is 0.0142. The van der Waals surface area contributed by atoms with Crippen molar-refractivity contribution in [3.05, 3.63) is 50.7 Å². The van der Waals surface area contributed by atoms with E-state index >= 15 is 0 Å². The number of nitrogens with two attached hydrogens (primary N) is 1. The molecule has 5 heteroatoms. The van der Waals surface area contributed by atoms with Gasteiger partial charge in [-0.3, -0.25) is 9.59 Å². The number of hydrogen-bond acceptors (Lipinski definition) is 3. The van der Waals surface area contributed by atoms with Crippen LogP contribution in [0, 0.1) is 6.92 Å². The highest BCUT2D eigenvalue weighted by Gasteiger charge is 2.27. The molecule has 1 aliphatic heterocycles. The third kappa shape index (κ3) is 2.77. The fourth-order valence-electron chi connectivity index (χ4n) is 3.18. The molecule has 2 heterocycles. The second-order valence-electron chi connectivity index (χ2n) is 5.80. The summed E-state index contributed by atoms with van der Waals surface area (Å²) in [6.07, 6.45) is 2.56. The van der Waals surface area contributed by atoms with E-state index in [4.69, 9.17) is 5.73 Å². The number of fused-ring (bicyclic) bond motifs is 1. The predicted octanol–water partition coefficient (Wildman–Crippen LogP) is 3.31. The van der Waals surface area contributed by atoms with Gasteiger partial charge in [-0.15, -0.1) is 11.3 Å². The van der Waals surface area contributed by atoms with Gasteiger partial charge in [-0.2, -0.15) is 0 Å². The molecule has 0 unspecified atom stereocenters. The number of primary amides is 1. The van der Waals surface area contributed by atoms with E-state index in [2.05, 4.69) is 6.92 Å². The van der Waals surface area contributed by atoms with Crippen LogP contribution in [-0.2, 0) is 12.8 Å². The first-order valence-electron chi connectivity index (χ1n) is 7.85. The number of amides is 2. The Morgan fingerprint density at radius 1 is 1.35 bits per heavy atom. The first-order valence-corrected chi connectivity index (χ1v) is 8.67. The van der Waals surface area contributed by atoms with Gasteiger partial charge in [0.05, 0.1) is 4.88 Å². The van der Waals surface area contributed by atoms with Gasteiger partial charge in [-0.05, 0) is 55.5 Å². The molecule has 0 radical (unpaired) electrons. The van der Waals surface area contributed by atoms with Crippen LogP contribution in [0.1, 0.15) is 49.4 Å². The summed E-state index contributed by atoms with van der Waals surface area (Å²) in [6.45, 7) is 4.82. The molecule has 2 N–H and O–H groups in total. The summed E-state index contributed by atoms with van der Waals surface area (Å²) in [5.41, 5.74) is 8.88. The zero-order chi connectivity index (χ0) is 16.6. The van der Waals surface area contributed by atoms with Crippen molar-refractivity contribution < 1.29 is 9.59 Å². The molecular formula is C18H20N2O2S. The number of benzene rings is 1. The van der Waals surface area contributed by atoms with Crippen molar-refractivity contribution in [2.24, 2.45) is 5.73 Å². The molecule has 0 fully saturated rings. The summed E-state index contributed by atoms with van der Waals surface area (Å²) in [6, 6.07) is 7.40. The zero-order valence-electron chi connectivity index (χ0n) is 13.4. The van der Waals surface area contributed by atoms with Crippen LogP contribution in [0.5, 0.6) is 0 Å². The molecule has 1 aromatic heterocycles. The minimum atomic E-state index is -0.434. The van der Waals surface area contributed by atoms with Crippen molar-refractivity contribution in [2.45, 2.75) is 33.1 Å². The van der Waals surface area contributed by atoms with Crippen molar-refractivity contribution in [3.63, 3.8) is 0 Å². The van der Waals surface area contributed by atoms with Crippen molar-refractivity contribution in [1.82, 2.24) is 0 Å². The third-order valence-corrected chi connectivity index (χ3v) is 5.68. The summed E-state index contributed by atoms with van der Waals surface area (Å²) in [7, 11) is 0. The lowest BCUT2D eigenvalue weighted by molar-refractivity contribution is 0.0980. The minimum Gasteiger partial charge on any atom is -0.366 e. The lowest BCUT2D eigenvalue weighted by Crippen LogP contribution is -2.36. The summed E-state index contributed by atoms with van der Waals surface area (Å²) in [5.74, 6) is -0.420. The Morgan fingerprint density at radius 2 is 2.13 bits per heavy atom. The highest BCUT2D eigenvalue weighted by Crippen LogP contribution is 2.32. The van der Waals surface area contributed by atoms with Gasteiger partial charge < -0.3 is 10.6 Å². The van der Waals surface area contributed by atoms with Gasteiger partial charge in [0.15, 0.2) is 0 Å². The molecule has 0 atom stereocenters. The normalized spacial score (nSPS) is 13.7. The molecule has 1 aliphatic rings. The van der Waals surface area contributed by atoms with Crippen LogP contribution in [0.4, 0.5) is 5.69 Å². The van der Waals surface area contributed by atoms with Crippen LogP contribution in [0.2, 0.25) is 0 Å². The molecular weight excluding hydrogens is 308 g/mol. The fraction of sp³-hybridized carbons (Fsp3) is 0.333. The Bertz CT molecular complexity index is 779. The number of aryl methyl sites for hydroxylation is 2. The molecule has 120 valence electrons. The van der Waals surface area contributed by atoms with E-state index in [0.717, 1.165) is 35.4 Å². The van der Waals surface area contributed by atoms with Crippen molar-refractivity contribution >= 4 is 28.8 Å². The predicted molar refractivity (Wildman–Crippen MR) is 93.4 cm³/mol. The Hall–Kier alpha value is -2.14. The molecule has 0 bridgehead atoms. The van der Waals surface area contributed by atoms with Crippen LogP contribution in [0.15, 0.2) is 24.3 Å². The number of anilines is 1. The van der Waals surface area contributed by atoms with Crippen LogP contribution in [-0.4, -0.2) is 18.4 Å². The maximum absolute atomic E-state index is 12.9. The summed E-state index contributed by atoms with van der Waals surface area (Å²) in [4.78, 5) is 28.4. The van der Waals surface area contributed by atoms with E-state index in [9.17, 15) is 9.59 Å². The van der Waals surface area contributed by atoms with E-state index in [1.807, 2.05) is 19.1 Å². The molecule has 1 aromatic carbocycles. The summed E-state index contributed by atoms with van der Waals surface area (Å²) >= 11 is 1.56. The first-order chi connectivity index (χ1) is 11.0. The standard InChI is InChI=1S/C18H20N2O2S/c1-3-15-11(2)10-16(23-15)18(22)20-9-5-7-12-13(17(19)21)6-4-8-14(12)20/h4,6,8,10H,3,5,7,9H2,1-2H3,(H2,19,21). The van der Waals surface area contributed by atoms with Crippen molar-refractivity contribution in [1.29, 1.82) is 0 Å². The van der Waals surface area contributed by atoms with E-state index < -0.39 is 5.91 Å². The molecule has 3 rings (SSSR count). The molecule has 0 spiro atoms. The van der Waals surface area contributed by atoms with E-state index in [0.29, 0.717) is 12.1 Å². The lowest BCUT2D eigenvalue weighted by atomic mass is 9.95. The van der Waals surface area contributed by atoms with Gasteiger partial charge in [-0.1, -0.05) is 13.0 Å². The summed E-state index contributed by atoms with van der Waals surface area (Å²) in [5, 5.41) is 0. The maximum atomic E-state index is 12.9. The van der Waals surface area contributed by atoms with Crippen molar-refractivity contribution in [2.75, 3.05) is 11.4 Å². The number of carbonyl (C=O) groups excluding carboxylic acids is 2. The monoisotopic (exact) mass is 328 g/mol. The third-order valence-electron chi connectivity index (χ3n) is 4.31. The number of thiophene rings is 1. The number of hydrogen-bond donors (Lipinski definition) is 1. The van der Waals surface area contributed by atoms with Crippen LogP contribution in [0.3, 0.4) is 0 Å². The van der Waals surface area contributed by atoms with E-state index in [-0.39, 0.29) is 5.91 Å². The average molecular weight is 328 g/mol. The Kier molecular flexibility index (Phi) is 4.22. The van der Waals surface area contributed by atoms with Gasteiger partial charge in [0.25, 0.3) is 5.91 Å². The summed E-state index contributed by atoms with van der Waals surface area (Å²) < 4.78 is 0. The Labute approximate surface area is 139 Å². The molecule has 23 heavy (non-hydrogen) atoms. The smallest absolute Gasteiger partial charge is 0.268 e. The molecule has 0 saturated heterocycles. The Morgan fingerprint density at radius 3 is 2.78 bits per heavy atom. The highest BCUT2D eigenvalue weighted by molar-refractivity contribution is 7.14. The topological polar surface area (TPSA) is 63.4 Å². The second kappa shape index (κ2) is 6.16. The zero-order valence-corrected chi connectivity index (χ0v) is 14.2. The Balaban J connectivity index is 2.01. The SMILES string of the molecule is CCc1sc(C(=O)N2CCCc3c(C(N)=O)cccc32)cc1C. The largest absolute Gasteiger partial charge is 0.366 e. The molecule has 2 amide bonds. The molecule has 2 aromatic rings. The van der Waals surface area contributed by atoms with E-state index in [1.165, 1.54) is 10.4 Å². The molecule has 0 aliphatic carbocycles. The van der Waals surface area contributed by atoms with Gasteiger partial charge in [0.1, 0.15) is 0 Å². The lowest BCUT2D eigenvalue weighted by Gasteiger charge is -2.30. The number of nitrogens with zero attached hydrogens (tertiary/aromatic N) is 1. The van der Waals surface area contributed by atoms with Gasteiger partial charge >= 0.3 is 0 Å². The molecule has 0 saturated carbocycles. The highest BCUT2D eigenvalue weighted by atomic mass is 32.1. The van der Waals surface area contributed by atoms with Gasteiger partial charge in [0.2, 0.25) is 5.91 Å². The van der Waals surface area contributed by atoms with Crippen LogP contribution < -0.4 is 10.6 Å². The van der Waals surface area contributed by atoms with Gasteiger partial charge in [0, 0.05) is 22.7 Å². The maximum Gasteiger partial charge on any atom is 0.268 e. The van der Waals surface area contributed by atoms with E-state index in [1.54, 1.807) is 28.4 Å². The number of carbonyl (C=O) groups is 2. The second-order valence-corrected chi connectivity index (χ2v) is 6.93. The fourth-order valence-corrected chi connectivity index (χ4v) is 4.24. The van der Waals surface area contributed by atoms with Crippen LogP contribution in [0.25, 0.3) is 0 Å². The quantitative estimate of drug-likeness (QED) is 0.939. The van der Waals surface area contributed by atoms with Crippen LogP contribution >= 0.6 is 11.3 Å². The first kappa shape index (κ1) is 15.7. The molecule has 4 nitrogen and oxygen atoms in total. The number of rotatable bonds is 3.